The van der Waals surface area contributed by atoms with Gasteiger partial charge in [0.15, 0.2) is 0 Å². The quantitative estimate of drug-likeness (QED) is 0.614. The van der Waals surface area contributed by atoms with E-state index in [2.05, 4.69) is 39.7 Å². The van der Waals surface area contributed by atoms with Crippen molar-refractivity contribution in [2.75, 3.05) is 5.75 Å². The van der Waals surface area contributed by atoms with E-state index in [0.29, 0.717) is 0 Å². The number of rotatable bonds is 4. The third-order valence-corrected chi connectivity index (χ3v) is 3.01. The van der Waals surface area contributed by atoms with Gasteiger partial charge in [-0.15, -0.1) is 11.8 Å². The summed E-state index contributed by atoms with van der Waals surface area (Å²) in [6.07, 6.45) is 2.06. The molecule has 0 N–H and O–H groups in total. The van der Waals surface area contributed by atoms with Crippen LogP contribution in [-0.2, 0) is 6.42 Å². The van der Waals surface area contributed by atoms with E-state index in [4.69, 9.17) is 0 Å². The van der Waals surface area contributed by atoms with Gasteiger partial charge in [-0.3, -0.25) is 0 Å². The predicted octanol–water partition coefficient (Wildman–Crippen LogP) is 3.30. The zero-order valence-corrected chi connectivity index (χ0v) is 10.3. The van der Waals surface area contributed by atoms with Crippen LogP contribution in [0, 0.1) is 0 Å². The summed E-state index contributed by atoms with van der Waals surface area (Å²) in [5, 5.41) is 1.07. The lowest BCUT2D eigenvalue weighted by Gasteiger charge is -2.02. The Morgan fingerprint density at radius 3 is 2.77 bits per heavy atom. The van der Waals surface area contributed by atoms with E-state index >= 15 is 0 Å². The van der Waals surface area contributed by atoms with Crippen LogP contribution < -0.4 is 0 Å². The number of hydrogen-bond acceptors (Lipinski definition) is 3. The van der Waals surface area contributed by atoms with Crippen molar-refractivity contribution in [1.29, 1.82) is 0 Å². The summed E-state index contributed by atoms with van der Waals surface area (Å²) in [4.78, 5) is 8.66. The molecule has 0 aliphatic rings. The van der Waals surface area contributed by atoms with Gasteiger partial charge < -0.3 is 0 Å². The molecule has 1 aromatic heterocycles. The van der Waals surface area contributed by atoms with Crippen LogP contribution in [0.3, 0.4) is 0 Å². The van der Waals surface area contributed by atoms with Crippen LogP contribution >= 0.6 is 27.7 Å². The van der Waals surface area contributed by atoms with Gasteiger partial charge in [-0.05, 0) is 28.1 Å². The Balaban J connectivity index is 2.76. The molecule has 0 saturated heterocycles. The van der Waals surface area contributed by atoms with E-state index in [9.17, 15) is 0 Å². The fourth-order valence-electron chi connectivity index (χ4n) is 0.881. The molecule has 0 amide bonds. The summed E-state index contributed by atoms with van der Waals surface area (Å²) >= 11 is 5.16. The normalized spacial score (nSPS) is 10.4. The van der Waals surface area contributed by atoms with Gasteiger partial charge in [-0.25, -0.2) is 9.97 Å². The van der Waals surface area contributed by atoms with Crippen LogP contribution in [0.1, 0.15) is 26.1 Å². The van der Waals surface area contributed by atoms with Gasteiger partial charge in [0.25, 0.3) is 0 Å². The molecule has 0 aromatic carbocycles. The maximum Gasteiger partial charge on any atom is 0.130 e. The maximum atomic E-state index is 4.41. The first-order chi connectivity index (χ1) is 6.26. The molecule has 2 nitrogen and oxygen atoms in total. The lowest BCUT2D eigenvalue weighted by atomic mass is 10.4. The molecule has 1 heterocycles. The standard InChI is InChI=1S/C9H13BrN2S/c1-3-5-13-9-6-7(10)11-8(4-2)12-9/h6H,3-5H2,1-2H3. The molecule has 0 aliphatic heterocycles. The Kier molecular flexibility index (Phi) is 4.73. The van der Waals surface area contributed by atoms with Gasteiger partial charge in [-0.2, -0.15) is 0 Å². The number of aromatic nitrogens is 2. The lowest BCUT2D eigenvalue weighted by molar-refractivity contribution is 0.876. The first-order valence-electron chi connectivity index (χ1n) is 4.42. The predicted molar refractivity (Wildman–Crippen MR) is 60.1 cm³/mol. The molecule has 13 heavy (non-hydrogen) atoms. The monoisotopic (exact) mass is 260 g/mol. The van der Waals surface area contributed by atoms with E-state index in [0.717, 1.165) is 27.6 Å². The topological polar surface area (TPSA) is 25.8 Å². The highest BCUT2D eigenvalue weighted by molar-refractivity contribution is 9.10. The Morgan fingerprint density at radius 2 is 2.15 bits per heavy atom. The summed E-state index contributed by atoms with van der Waals surface area (Å²) in [5.41, 5.74) is 0. The van der Waals surface area contributed by atoms with Crippen molar-refractivity contribution in [2.24, 2.45) is 0 Å². The van der Waals surface area contributed by atoms with Gasteiger partial charge in [0, 0.05) is 12.5 Å². The zero-order valence-electron chi connectivity index (χ0n) is 7.88. The summed E-state index contributed by atoms with van der Waals surface area (Å²) in [5.74, 6) is 2.03. The van der Waals surface area contributed by atoms with Crippen molar-refractivity contribution in [2.45, 2.75) is 31.7 Å². The first kappa shape index (κ1) is 11.0. The van der Waals surface area contributed by atoms with Gasteiger partial charge in [-0.1, -0.05) is 13.8 Å². The first-order valence-corrected chi connectivity index (χ1v) is 6.20. The van der Waals surface area contributed by atoms with Gasteiger partial charge in [0.1, 0.15) is 15.5 Å². The fraction of sp³-hybridized carbons (Fsp3) is 0.556. The average Bonchev–Trinajstić information content (AvgIpc) is 2.14. The zero-order chi connectivity index (χ0) is 9.68. The van der Waals surface area contributed by atoms with Gasteiger partial charge in [0.05, 0.1) is 0 Å². The van der Waals surface area contributed by atoms with E-state index in [1.165, 1.54) is 6.42 Å². The molecule has 1 rings (SSSR count). The minimum absolute atomic E-state index is 0.887. The van der Waals surface area contributed by atoms with Crippen LogP contribution in [0.25, 0.3) is 0 Å². The molecule has 4 heteroatoms. The van der Waals surface area contributed by atoms with E-state index < -0.39 is 0 Å². The number of halogens is 1. The molecule has 0 saturated carbocycles. The minimum Gasteiger partial charge on any atom is -0.227 e. The second-order valence-electron chi connectivity index (χ2n) is 2.65. The summed E-state index contributed by atoms with van der Waals surface area (Å²) in [7, 11) is 0. The summed E-state index contributed by atoms with van der Waals surface area (Å²) < 4.78 is 0.887. The van der Waals surface area contributed by atoms with Crippen molar-refractivity contribution < 1.29 is 0 Å². The van der Waals surface area contributed by atoms with Crippen LogP contribution in [0.15, 0.2) is 15.7 Å². The van der Waals surface area contributed by atoms with Crippen LogP contribution in [0.2, 0.25) is 0 Å². The minimum atomic E-state index is 0.887. The molecule has 72 valence electrons. The second-order valence-corrected chi connectivity index (χ2v) is 4.57. The number of nitrogens with zero attached hydrogens (tertiary/aromatic N) is 2. The second kappa shape index (κ2) is 5.60. The molecule has 0 spiro atoms. The average molecular weight is 261 g/mol. The van der Waals surface area contributed by atoms with Crippen molar-refractivity contribution in [3.8, 4) is 0 Å². The number of thioether (sulfide) groups is 1. The van der Waals surface area contributed by atoms with Crippen molar-refractivity contribution in [1.82, 2.24) is 9.97 Å². The molecule has 0 bridgehead atoms. The lowest BCUT2D eigenvalue weighted by Crippen LogP contribution is -1.94. The van der Waals surface area contributed by atoms with Crippen molar-refractivity contribution in [3.63, 3.8) is 0 Å². The highest BCUT2D eigenvalue weighted by atomic mass is 79.9. The van der Waals surface area contributed by atoms with Crippen LogP contribution in [0.5, 0.6) is 0 Å². The molecule has 0 aliphatic carbocycles. The molecule has 0 fully saturated rings. The summed E-state index contributed by atoms with van der Waals surface area (Å²) in [6, 6.07) is 1.97. The Bertz CT molecular complexity index is 278. The Morgan fingerprint density at radius 1 is 1.38 bits per heavy atom. The largest absolute Gasteiger partial charge is 0.227 e. The van der Waals surface area contributed by atoms with Crippen molar-refractivity contribution in [3.05, 3.63) is 16.5 Å². The van der Waals surface area contributed by atoms with Crippen LogP contribution in [-0.4, -0.2) is 15.7 Å². The number of aryl methyl sites for hydroxylation is 1. The van der Waals surface area contributed by atoms with E-state index in [1.807, 2.05) is 6.07 Å². The van der Waals surface area contributed by atoms with E-state index in [1.54, 1.807) is 11.8 Å². The Labute approximate surface area is 91.7 Å². The molecule has 1 aromatic rings. The molecule has 0 radical (unpaired) electrons. The molecular formula is C9H13BrN2S. The smallest absolute Gasteiger partial charge is 0.130 e. The highest BCUT2D eigenvalue weighted by Crippen LogP contribution is 2.19. The Hall–Kier alpha value is -0.0900. The van der Waals surface area contributed by atoms with E-state index in [-0.39, 0.29) is 0 Å². The highest BCUT2D eigenvalue weighted by Gasteiger charge is 2.01. The number of hydrogen-bond donors (Lipinski definition) is 0. The molecule has 0 unspecified atom stereocenters. The third-order valence-electron chi connectivity index (χ3n) is 1.49. The van der Waals surface area contributed by atoms with Crippen molar-refractivity contribution >= 4 is 27.7 Å². The molecule has 0 atom stereocenters. The van der Waals surface area contributed by atoms with Gasteiger partial charge in [0.2, 0.25) is 0 Å². The maximum absolute atomic E-state index is 4.41. The fourth-order valence-corrected chi connectivity index (χ4v) is 2.23. The summed E-state index contributed by atoms with van der Waals surface area (Å²) in [6.45, 7) is 4.24. The van der Waals surface area contributed by atoms with Gasteiger partial charge >= 0.3 is 0 Å². The molecular weight excluding hydrogens is 248 g/mol. The third kappa shape index (κ3) is 3.65. The SMILES string of the molecule is CCCSc1cc(Br)nc(CC)n1. The van der Waals surface area contributed by atoms with Crippen LogP contribution in [0.4, 0.5) is 0 Å².